The zero-order valence-corrected chi connectivity index (χ0v) is 14.4. The lowest BCUT2D eigenvalue weighted by atomic mass is 10.2. The average molecular weight is 358 g/mol. The summed E-state index contributed by atoms with van der Waals surface area (Å²) in [5.74, 6) is -0.437. The van der Waals surface area contributed by atoms with Crippen LogP contribution in [0.2, 0.25) is 0 Å². The van der Waals surface area contributed by atoms with E-state index in [-0.39, 0.29) is 13.0 Å². The van der Waals surface area contributed by atoms with Crippen LogP contribution in [0, 0.1) is 0 Å². The highest BCUT2D eigenvalue weighted by molar-refractivity contribution is 7.47. The Morgan fingerprint density at radius 2 is 1.83 bits per heavy atom. The van der Waals surface area contributed by atoms with Crippen LogP contribution >= 0.6 is 7.82 Å². The van der Waals surface area contributed by atoms with Gasteiger partial charge in [-0.15, -0.1) is 0 Å². The van der Waals surface area contributed by atoms with Crippen LogP contribution in [0.25, 0.3) is 0 Å². The quantitative estimate of drug-likeness (QED) is 0.232. The highest BCUT2D eigenvalue weighted by Crippen LogP contribution is 2.43. The fourth-order valence-electron chi connectivity index (χ4n) is 1.51. The van der Waals surface area contributed by atoms with E-state index in [4.69, 9.17) is 24.2 Å². The van der Waals surface area contributed by atoms with Gasteiger partial charge in [-0.05, 0) is 6.42 Å². The average Bonchev–Trinajstić information content (AvgIpc) is 2.51. The van der Waals surface area contributed by atoms with Gasteiger partial charge in [0.05, 0.1) is 26.4 Å². The van der Waals surface area contributed by atoms with Crippen molar-refractivity contribution in [3.63, 3.8) is 0 Å². The molecule has 0 aliphatic carbocycles. The van der Waals surface area contributed by atoms with E-state index in [1.165, 1.54) is 7.11 Å². The molecule has 3 N–H and O–H groups in total. The lowest BCUT2D eigenvalue weighted by Gasteiger charge is -2.19. The van der Waals surface area contributed by atoms with E-state index in [1.54, 1.807) is 0 Å². The summed E-state index contributed by atoms with van der Waals surface area (Å²) >= 11 is 0. The van der Waals surface area contributed by atoms with Gasteiger partial charge < -0.3 is 24.6 Å². The van der Waals surface area contributed by atoms with Crippen LogP contribution in [0.15, 0.2) is 0 Å². The van der Waals surface area contributed by atoms with Crippen molar-refractivity contribution in [1.29, 1.82) is 0 Å². The maximum absolute atomic E-state index is 11.6. The molecule has 1 unspecified atom stereocenters. The molecular weight excluding hydrogens is 331 g/mol. The second kappa shape index (κ2) is 12.8. The molecule has 0 saturated heterocycles. The third-order valence-electron chi connectivity index (χ3n) is 2.70. The summed E-state index contributed by atoms with van der Waals surface area (Å²) in [4.78, 5) is 21.0. The molecule has 138 valence electrons. The number of aliphatic hydroxyl groups excluding tert-OH is 2. The Labute approximate surface area is 136 Å². The van der Waals surface area contributed by atoms with Crippen LogP contribution in [-0.4, -0.2) is 66.8 Å². The second-order valence-corrected chi connectivity index (χ2v) is 6.37. The maximum atomic E-state index is 11.6. The zero-order chi connectivity index (χ0) is 17.7. The molecule has 0 spiro atoms. The lowest BCUT2D eigenvalue weighted by Crippen LogP contribution is -2.28. The fraction of sp³-hybridized carbons (Fsp3) is 0.923. The van der Waals surface area contributed by atoms with E-state index in [0.29, 0.717) is 6.42 Å². The van der Waals surface area contributed by atoms with Gasteiger partial charge in [0.15, 0.2) is 0 Å². The van der Waals surface area contributed by atoms with Gasteiger partial charge in [0.1, 0.15) is 12.2 Å². The Morgan fingerprint density at radius 1 is 1.17 bits per heavy atom. The van der Waals surface area contributed by atoms with E-state index < -0.39 is 45.8 Å². The van der Waals surface area contributed by atoms with Crippen molar-refractivity contribution in [2.45, 2.75) is 44.8 Å². The number of unbranched alkanes of at least 4 members (excludes halogenated alkanes) is 2. The first-order chi connectivity index (χ1) is 10.8. The van der Waals surface area contributed by atoms with E-state index >= 15 is 0 Å². The van der Waals surface area contributed by atoms with Gasteiger partial charge in [-0.3, -0.25) is 13.8 Å². The predicted molar refractivity (Wildman–Crippen MR) is 80.7 cm³/mol. The Morgan fingerprint density at radius 3 is 2.39 bits per heavy atom. The van der Waals surface area contributed by atoms with Crippen LogP contribution in [0.3, 0.4) is 0 Å². The molecule has 0 aromatic heterocycles. The lowest BCUT2D eigenvalue weighted by molar-refractivity contribution is -0.154. The van der Waals surface area contributed by atoms with Gasteiger partial charge >= 0.3 is 13.8 Å². The first-order valence-corrected chi connectivity index (χ1v) is 8.93. The topological polar surface area (TPSA) is 132 Å². The number of phosphoric ester groups is 1. The van der Waals surface area contributed by atoms with Crippen molar-refractivity contribution in [1.82, 2.24) is 0 Å². The minimum Gasteiger partial charge on any atom is -0.457 e. The number of aliphatic hydroxyl groups is 2. The summed E-state index contributed by atoms with van der Waals surface area (Å²) in [7, 11) is -3.03. The number of esters is 1. The highest BCUT2D eigenvalue weighted by atomic mass is 31.2. The smallest absolute Gasteiger partial charge is 0.457 e. The maximum Gasteiger partial charge on any atom is 0.472 e. The number of carbonyl (C=O) groups excluding carboxylic acids is 1. The summed E-state index contributed by atoms with van der Waals surface area (Å²) in [6.45, 7) is 0.451. The van der Waals surface area contributed by atoms with E-state index in [9.17, 15) is 14.3 Å². The van der Waals surface area contributed by atoms with Crippen LogP contribution in [0.5, 0.6) is 0 Å². The van der Waals surface area contributed by atoms with E-state index in [1.807, 2.05) is 6.92 Å². The van der Waals surface area contributed by atoms with Gasteiger partial charge in [0, 0.05) is 13.5 Å². The minimum absolute atomic E-state index is 0.00121. The predicted octanol–water partition coefficient (Wildman–Crippen LogP) is 0.612. The molecule has 0 heterocycles. The van der Waals surface area contributed by atoms with Crippen molar-refractivity contribution >= 4 is 13.8 Å². The zero-order valence-electron chi connectivity index (χ0n) is 13.5. The number of methoxy groups -OCH3 is 1. The van der Waals surface area contributed by atoms with E-state index in [0.717, 1.165) is 12.8 Å². The molecule has 0 saturated carbocycles. The van der Waals surface area contributed by atoms with Gasteiger partial charge in [-0.25, -0.2) is 4.57 Å². The second-order valence-electron chi connectivity index (χ2n) is 4.92. The highest BCUT2D eigenvalue weighted by Gasteiger charge is 2.26. The fourth-order valence-corrected chi connectivity index (χ4v) is 2.30. The number of carbonyl (C=O) groups is 1. The molecule has 0 fully saturated rings. The Kier molecular flexibility index (Phi) is 12.5. The van der Waals surface area contributed by atoms with Crippen molar-refractivity contribution in [3.05, 3.63) is 0 Å². The van der Waals surface area contributed by atoms with Crippen LogP contribution in [0.4, 0.5) is 0 Å². The summed E-state index contributed by atoms with van der Waals surface area (Å²) in [5, 5.41) is 17.6. The monoisotopic (exact) mass is 358 g/mol. The summed E-state index contributed by atoms with van der Waals surface area (Å²) in [5.41, 5.74) is 0. The first kappa shape index (κ1) is 22.5. The molecule has 0 radical (unpaired) electrons. The SMILES string of the molecule is CCCCCC(=O)O[C@H](COC)COP(=O)(O)OC[C@@H](O)CO. The molecule has 3 atom stereocenters. The molecule has 0 aliphatic heterocycles. The first-order valence-electron chi connectivity index (χ1n) is 7.43. The van der Waals surface area contributed by atoms with Crippen molar-refractivity contribution < 1.29 is 43.0 Å². The van der Waals surface area contributed by atoms with Gasteiger partial charge in [-0.1, -0.05) is 19.8 Å². The minimum atomic E-state index is -4.42. The Bertz CT molecular complexity index is 363. The molecule has 0 amide bonds. The number of hydrogen-bond donors (Lipinski definition) is 3. The van der Waals surface area contributed by atoms with Gasteiger partial charge in [0.25, 0.3) is 0 Å². The number of rotatable bonds is 14. The summed E-state index contributed by atoms with van der Waals surface area (Å²) in [6, 6.07) is 0. The summed E-state index contributed by atoms with van der Waals surface area (Å²) < 4.78 is 30.8. The normalized spacial score (nSPS) is 16.6. The third kappa shape index (κ3) is 12.5. The molecule has 0 aromatic carbocycles. The largest absolute Gasteiger partial charge is 0.472 e. The number of phosphoric acid groups is 1. The van der Waals surface area contributed by atoms with Crippen LogP contribution in [-0.2, 0) is 27.9 Å². The third-order valence-corrected chi connectivity index (χ3v) is 3.65. The summed E-state index contributed by atoms with van der Waals surface area (Å²) in [6.07, 6.45) is 0.711. The van der Waals surface area contributed by atoms with Crippen molar-refractivity contribution in [2.75, 3.05) is 33.5 Å². The van der Waals surface area contributed by atoms with Gasteiger partial charge in [0.2, 0.25) is 0 Å². The molecule has 10 heteroatoms. The Balaban J connectivity index is 4.24. The molecule has 0 rings (SSSR count). The van der Waals surface area contributed by atoms with E-state index in [2.05, 4.69) is 4.52 Å². The standard InChI is InChI=1S/C13H27O9P/c1-3-4-5-6-13(16)22-12(9-19-2)10-21-23(17,18)20-8-11(15)7-14/h11-12,14-15H,3-10H2,1-2H3,(H,17,18)/t11-,12+/m0/s1. The van der Waals surface area contributed by atoms with Crippen LogP contribution in [0.1, 0.15) is 32.6 Å². The molecule has 0 aliphatic rings. The van der Waals surface area contributed by atoms with Crippen LogP contribution < -0.4 is 0 Å². The number of ether oxygens (including phenoxy) is 2. The van der Waals surface area contributed by atoms with Gasteiger partial charge in [-0.2, -0.15) is 0 Å². The Hall–Kier alpha value is -0.540. The number of hydrogen-bond acceptors (Lipinski definition) is 8. The molecule has 9 nitrogen and oxygen atoms in total. The molecule has 0 aromatic rings. The molecule has 23 heavy (non-hydrogen) atoms. The van der Waals surface area contributed by atoms with Crippen molar-refractivity contribution in [2.24, 2.45) is 0 Å². The van der Waals surface area contributed by atoms with Crippen molar-refractivity contribution in [3.8, 4) is 0 Å². The molecular formula is C13H27O9P. The molecule has 0 bridgehead atoms.